The average molecular weight is 428 g/mol. The fraction of sp³-hybridized carbons (Fsp3) is 0.105. The third-order valence-corrected chi connectivity index (χ3v) is 5.04. The summed E-state index contributed by atoms with van der Waals surface area (Å²) in [6, 6.07) is 14.6. The van der Waals surface area contributed by atoms with E-state index >= 15 is 0 Å². The van der Waals surface area contributed by atoms with E-state index in [2.05, 4.69) is 25.9 Å². The number of carbonyl (C=O) groups excluding carboxylic acids is 1. The number of anilines is 1. The second-order valence-electron chi connectivity index (χ2n) is 6.26. The Labute approximate surface area is 176 Å². The molecule has 146 valence electrons. The second-order valence-corrected chi connectivity index (χ2v) is 7.02. The predicted octanol–water partition coefficient (Wildman–Crippen LogP) is 3.77. The summed E-state index contributed by atoms with van der Waals surface area (Å²) in [6.07, 6.45) is 1.47. The molecule has 4 aromatic rings. The van der Waals surface area contributed by atoms with Crippen molar-refractivity contribution < 1.29 is 4.79 Å². The van der Waals surface area contributed by atoms with E-state index < -0.39 is 0 Å². The molecule has 0 saturated carbocycles. The molecule has 8 nitrogen and oxygen atoms in total. The van der Waals surface area contributed by atoms with E-state index in [-0.39, 0.29) is 11.1 Å². The van der Waals surface area contributed by atoms with Crippen molar-refractivity contribution in [3.05, 3.63) is 81.9 Å². The van der Waals surface area contributed by atoms with Gasteiger partial charge in [-0.05, 0) is 47.2 Å². The third kappa shape index (κ3) is 3.98. The van der Waals surface area contributed by atoms with E-state index in [1.54, 1.807) is 35.9 Å². The van der Waals surface area contributed by atoms with Crippen LogP contribution in [-0.4, -0.2) is 35.9 Å². The zero-order valence-corrected chi connectivity index (χ0v) is 16.8. The lowest BCUT2D eigenvalue weighted by atomic mass is 10.2. The van der Waals surface area contributed by atoms with Gasteiger partial charge in [0.1, 0.15) is 11.5 Å². The Bertz CT molecular complexity index is 1170. The first-order valence-electron chi connectivity index (χ1n) is 8.64. The lowest BCUT2D eigenvalue weighted by molar-refractivity contribution is 0.102. The van der Waals surface area contributed by atoms with Crippen molar-refractivity contribution in [2.45, 2.75) is 13.5 Å². The van der Waals surface area contributed by atoms with Crippen molar-refractivity contribution in [2.75, 3.05) is 5.32 Å². The Morgan fingerprint density at radius 1 is 1.14 bits per heavy atom. The standard InChI is InChI=1S/C19H15Cl2N7O/c1-12-17(18(21)27(24-12)10-13-5-2-3-8-16(13)20)19(29)23-14-6-4-7-15(9-14)28-11-22-25-26-28/h2-9,11H,10H2,1H3,(H,23,29). The smallest absolute Gasteiger partial charge is 0.260 e. The van der Waals surface area contributed by atoms with Gasteiger partial charge in [-0.15, -0.1) is 5.10 Å². The summed E-state index contributed by atoms with van der Waals surface area (Å²) in [6.45, 7) is 2.10. The maximum absolute atomic E-state index is 12.9. The summed E-state index contributed by atoms with van der Waals surface area (Å²) < 4.78 is 3.06. The summed E-state index contributed by atoms with van der Waals surface area (Å²) in [5.41, 5.74) is 2.99. The maximum Gasteiger partial charge on any atom is 0.260 e. The number of rotatable bonds is 5. The normalized spacial score (nSPS) is 10.9. The van der Waals surface area contributed by atoms with Crippen LogP contribution in [0, 0.1) is 6.92 Å². The zero-order chi connectivity index (χ0) is 20.4. The summed E-state index contributed by atoms with van der Waals surface area (Å²) in [5.74, 6) is -0.355. The number of hydrogen-bond donors (Lipinski definition) is 1. The molecule has 0 aliphatic rings. The fourth-order valence-electron chi connectivity index (χ4n) is 2.90. The Morgan fingerprint density at radius 2 is 1.97 bits per heavy atom. The van der Waals surface area contributed by atoms with Crippen molar-refractivity contribution in [3.8, 4) is 5.69 Å². The monoisotopic (exact) mass is 427 g/mol. The molecule has 0 fully saturated rings. The molecule has 10 heteroatoms. The molecule has 0 bridgehead atoms. The van der Waals surface area contributed by atoms with E-state index in [0.717, 1.165) is 5.56 Å². The van der Waals surface area contributed by atoms with E-state index in [1.807, 2.05) is 24.3 Å². The first-order valence-corrected chi connectivity index (χ1v) is 9.39. The predicted molar refractivity (Wildman–Crippen MR) is 110 cm³/mol. The molecule has 0 radical (unpaired) electrons. The maximum atomic E-state index is 12.9. The van der Waals surface area contributed by atoms with Crippen LogP contribution in [0.5, 0.6) is 0 Å². The number of amides is 1. The van der Waals surface area contributed by atoms with Crippen LogP contribution in [0.2, 0.25) is 10.2 Å². The molecule has 1 amide bonds. The number of aromatic nitrogens is 6. The Hall–Kier alpha value is -3.23. The zero-order valence-electron chi connectivity index (χ0n) is 15.3. The number of carbonyl (C=O) groups is 1. The van der Waals surface area contributed by atoms with Gasteiger partial charge in [0.05, 0.1) is 23.5 Å². The van der Waals surface area contributed by atoms with Gasteiger partial charge in [0.25, 0.3) is 5.91 Å². The molecule has 0 aliphatic carbocycles. The minimum absolute atomic E-state index is 0.247. The van der Waals surface area contributed by atoms with E-state index in [0.29, 0.717) is 34.2 Å². The van der Waals surface area contributed by atoms with Crippen LogP contribution in [0.3, 0.4) is 0 Å². The van der Waals surface area contributed by atoms with Crippen LogP contribution in [0.15, 0.2) is 54.9 Å². The van der Waals surface area contributed by atoms with Crippen LogP contribution in [0.1, 0.15) is 21.6 Å². The Morgan fingerprint density at radius 3 is 2.72 bits per heavy atom. The number of hydrogen-bond acceptors (Lipinski definition) is 5. The van der Waals surface area contributed by atoms with Gasteiger partial charge in [0, 0.05) is 10.7 Å². The molecule has 0 aliphatic heterocycles. The lowest BCUT2D eigenvalue weighted by Crippen LogP contribution is -2.13. The van der Waals surface area contributed by atoms with Crippen LogP contribution < -0.4 is 5.32 Å². The average Bonchev–Trinajstić information content (AvgIpc) is 3.32. The highest BCUT2D eigenvalue weighted by molar-refractivity contribution is 6.34. The van der Waals surface area contributed by atoms with Gasteiger partial charge < -0.3 is 5.32 Å². The summed E-state index contributed by atoms with van der Waals surface area (Å²) in [4.78, 5) is 12.9. The molecule has 29 heavy (non-hydrogen) atoms. The van der Waals surface area contributed by atoms with Crippen molar-refractivity contribution in [2.24, 2.45) is 0 Å². The molecular formula is C19H15Cl2N7O. The van der Waals surface area contributed by atoms with Crippen LogP contribution in [0.4, 0.5) is 5.69 Å². The second kappa shape index (κ2) is 8.02. The van der Waals surface area contributed by atoms with Crippen molar-refractivity contribution in [3.63, 3.8) is 0 Å². The largest absolute Gasteiger partial charge is 0.322 e. The van der Waals surface area contributed by atoms with Crippen molar-refractivity contribution in [1.82, 2.24) is 30.0 Å². The number of halogens is 2. The molecule has 2 aromatic heterocycles. The third-order valence-electron chi connectivity index (χ3n) is 4.29. The molecule has 0 unspecified atom stereocenters. The SMILES string of the molecule is Cc1nn(Cc2ccccc2Cl)c(Cl)c1C(=O)Nc1cccc(-n2cnnn2)c1. The molecule has 0 saturated heterocycles. The van der Waals surface area contributed by atoms with Gasteiger partial charge >= 0.3 is 0 Å². The topological polar surface area (TPSA) is 90.5 Å². The highest BCUT2D eigenvalue weighted by Gasteiger charge is 2.21. The van der Waals surface area contributed by atoms with E-state index in [4.69, 9.17) is 23.2 Å². The van der Waals surface area contributed by atoms with Gasteiger partial charge in [-0.2, -0.15) is 5.10 Å². The molecule has 2 aromatic carbocycles. The molecule has 1 N–H and O–H groups in total. The van der Waals surface area contributed by atoms with Gasteiger partial charge in [0.2, 0.25) is 0 Å². The van der Waals surface area contributed by atoms with Gasteiger partial charge in [-0.25, -0.2) is 9.36 Å². The Kier molecular flexibility index (Phi) is 5.28. The summed E-state index contributed by atoms with van der Waals surface area (Å²) in [7, 11) is 0. The highest BCUT2D eigenvalue weighted by atomic mass is 35.5. The minimum atomic E-state index is -0.355. The minimum Gasteiger partial charge on any atom is -0.322 e. The number of aryl methyl sites for hydroxylation is 1. The van der Waals surface area contributed by atoms with Gasteiger partial charge in [-0.1, -0.05) is 47.5 Å². The summed E-state index contributed by atoms with van der Waals surface area (Å²) >= 11 is 12.7. The van der Waals surface area contributed by atoms with Crippen molar-refractivity contribution >= 4 is 34.8 Å². The number of nitrogens with one attached hydrogen (secondary N) is 1. The molecule has 2 heterocycles. The highest BCUT2D eigenvalue weighted by Crippen LogP contribution is 2.24. The molecule has 4 rings (SSSR count). The van der Waals surface area contributed by atoms with E-state index in [9.17, 15) is 4.79 Å². The summed E-state index contributed by atoms with van der Waals surface area (Å²) in [5, 5.41) is 19.2. The number of tetrazole rings is 1. The number of benzene rings is 2. The molecular weight excluding hydrogens is 413 g/mol. The number of nitrogens with zero attached hydrogens (tertiary/aromatic N) is 6. The van der Waals surface area contributed by atoms with Gasteiger partial charge in [-0.3, -0.25) is 4.79 Å². The first kappa shape index (κ1) is 19.1. The van der Waals surface area contributed by atoms with Crippen molar-refractivity contribution in [1.29, 1.82) is 0 Å². The van der Waals surface area contributed by atoms with Crippen LogP contribution in [0.25, 0.3) is 5.69 Å². The van der Waals surface area contributed by atoms with E-state index in [1.165, 1.54) is 11.0 Å². The first-order chi connectivity index (χ1) is 14.0. The fourth-order valence-corrected chi connectivity index (χ4v) is 3.42. The Balaban J connectivity index is 1.57. The quantitative estimate of drug-likeness (QED) is 0.523. The molecule has 0 atom stereocenters. The lowest BCUT2D eigenvalue weighted by Gasteiger charge is -2.08. The van der Waals surface area contributed by atoms with Gasteiger partial charge in [0.15, 0.2) is 0 Å². The van der Waals surface area contributed by atoms with Crippen LogP contribution in [-0.2, 0) is 6.54 Å². The van der Waals surface area contributed by atoms with Crippen LogP contribution >= 0.6 is 23.2 Å². The molecule has 0 spiro atoms.